The number of nitrogens with zero attached hydrogens (tertiary/aromatic N) is 1. The highest BCUT2D eigenvalue weighted by molar-refractivity contribution is 14.1. The number of nitrogens with one attached hydrogen (secondary N) is 2. The van der Waals surface area contributed by atoms with E-state index < -0.39 is 0 Å². The highest BCUT2D eigenvalue weighted by Gasteiger charge is 2.24. The first-order valence-electron chi connectivity index (χ1n) is 7.59. The highest BCUT2D eigenvalue weighted by Crippen LogP contribution is 2.34. The van der Waals surface area contributed by atoms with E-state index in [1.165, 1.54) is 51.7 Å². The van der Waals surface area contributed by atoms with Crippen molar-refractivity contribution in [1.82, 2.24) is 13.7 Å². The fourth-order valence-electron chi connectivity index (χ4n) is 3.15. The normalized spacial score (nSPS) is 30.3. The maximum absolute atomic E-state index is 3.67. The molecule has 1 aliphatic heterocycles. The number of hydrogen-bond donors (Lipinski definition) is 2. The third-order valence-corrected chi connectivity index (χ3v) is 5.34. The number of rotatable bonds is 7. The average molecular weight is 365 g/mol. The minimum absolute atomic E-state index is 0.755. The van der Waals surface area contributed by atoms with Gasteiger partial charge in [-0.1, -0.05) is 6.92 Å². The predicted molar refractivity (Wildman–Crippen MR) is 86.0 cm³/mol. The summed E-state index contributed by atoms with van der Waals surface area (Å²) in [4.78, 5) is 0. The Labute approximate surface area is 126 Å². The van der Waals surface area contributed by atoms with Crippen molar-refractivity contribution >= 4 is 22.9 Å². The summed E-state index contributed by atoms with van der Waals surface area (Å²) in [6.45, 7) is 8.33. The maximum Gasteiger partial charge on any atom is 0.0201 e. The van der Waals surface area contributed by atoms with Crippen LogP contribution in [0.3, 0.4) is 0 Å². The van der Waals surface area contributed by atoms with Crippen LogP contribution >= 0.6 is 22.9 Å². The quantitative estimate of drug-likeness (QED) is 0.412. The molecular weight excluding hydrogens is 337 g/mol. The van der Waals surface area contributed by atoms with Crippen LogP contribution in [0.2, 0.25) is 0 Å². The summed E-state index contributed by atoms with van der Waals surface area (Å²) in [6, 6.07) is 0.755. The van der Waals surface area contributed by atoms with Crippen molar-refractivity contribution < 1.29 is 0 Å². The molecule has 106 valence electrons. The first-order valence-corrected chi connectivity index (χ1v) is 8.55. The van der Waals surface area contributed by atoms with E-state index in [2.05, 4.69) is 43.5 Å². The van der Waals surface area contributed by atoms with Gasteiger partial charge < -0.3 is 10.6 Å². The van der Waals surface area contributed by atoms with E-state index in [1.54, 1.807) is 0 Å². The molecule has 2 aliphatic rings. The molecule has 0 radical (unpaired) electrons. The van der Waals surface area contributed by atoms with Gasteiger partial charge in [0.05, 0.1) is 0 Å². The van der Waals surface area contributed by atoms with E-state index in [4.69, 9.17) is 0 Å². The Balaban J connectivity index is 1.37. The summed E-state index contributed by atoms with van der Waals surface area (Å²) >= 11 is 2.43. The predicted octanol–water partition coefficient (Wildman–Crippen LogP) is 2.42. The highest BCUT2D eigenvalue weighted by atomic mass is 127. The Bertz CT molecular complexity index is 223. The molecular formula is C14H28IN3. The first kappa shape index (κ1) is 15.0. The van der Waals surface area contributed by atoms with Gasteiger partial charge in [-0.15, -0.1) is 0 Å². The second kappa shape index (κ2) is 8.02. The number of piperidine rings is 1. The van der Waals surface area contributed by atoms with E-state index in [1.807, 2.05) is 0 Å². The SMILES string of the molecule is CC1CC(CCNCCNC2CCN(I)CC2)C1. The molecule has 1 aliphatic carbocycles. The second-order valence-electron chi connectivity index (χ2n) is 6.12. The Morgan fingerprint density at radius 1 is 1.11 bits per heavy atom. The molecule has 3 nitrogen and oxygen atoms in total. The molecule has 2 fully saturated rings. The van der Waals surface area contributed by atoms with Crippen LogP contribution in [0.25, 0.3) is 0 Å². The van der Waals surface area contributed by atoms with Crippen molar-refractivity contribution in [3.63, 3.8) is 0 Å². The van der Waals surface area contributed by atoms with Gasteiger partial charge in [0.15, 0.2) is 0 Å². The maximum atomic E-state index is 3.67. The van der Waals surface area contributed by atoms with Crippen molar-refractivity contribution in [2.75, 3.05) is 32.7 Å². The van der Waals surface area contributed by atoms with Gasteiger partial charge in [0.1, 0.15) is 0 Å². The van der Waals surface area contributed by atoms with Crippen molar-refractivity contribution in [2.45, 2.75) is 45.1 Å². The Morgan fingerprint density at radius 3 is 2.50 bits per heavy atom. The largest absolute Gasteiger partial charge is 0.315 e. The molecule has 0 spiro atoms. The molecule has 1 saturated heterocycles. The number of halogens is 1. The molecule has 18 heavy (non-hydrogen) atoms. The molecule has 0 atom stereocenters. The van der Waals surface area contributed by atoms with Gasteiger partial charge >= 0.3 is 0 Å². The summed E-state index contributed by atoms with van der Waals surface area (Å²) in [5, 5.41) is 7.25. The lowest BCUT2D eigenvalue weighted by Crippen LogP contribution is -2.41. The van der Waals surface area contributed by atoms with Gasteiger partial charge in [-0.3, -0.25) is 0 Å². The fourth-order valence-corrected chi connectivity index (χ4v) is 3.71. The Hall–Kier alpha value is 0.610. The molecule has 1 saturated carbocycles. The van der Waals surface area contributed by atoms with Crippen LogP contribution < -0.4 is 10.6 Å². The van der Waals surface area contributed by atoms with Crippen LogP contribution in [0.4, 0.5) is 0 Å². The van der Waals surface area contributed by atoms with Gasteiger partial charge in [0.25, 0.3) is 0 Å². The third-order valence-electron chi connectivity index (χ3n) is 4.38. The minimum atomic E-state index is 0.755. The van der Waals surface area contributed by atoms with Crippen LogP contribution in [-0.2, 0) is 0 Å². The molecule has 2 rings (SSSR count). The van der Waals surface area contributed by atoms with Gasteiger partial charge in [-0.25, -0.2) is 3.11 Å². The number of hydrogen-bond acceptors (Lipinski definition) is 3. The van der Waals surface area contributed by atoms with Gasteiger partial charge in [0, 0.05) is 55.1 Å². The minimum Gasteiger partial charge on any atom is -0.315 e. The topological polar surface area (TPSA) is 27.3 Å². The molecule has 0 aromatic rings. The molecule has 0 amide bonds. The Morgan fingerprint density at radius 2 is 1.83 bits per heavy atom. The zero-order valence-electron chi connectivity index (χ0n) is 11.6. The monoisotopic (exact) mass is 365 g/mol. The second-order valence-corrected chi connectivity index (χ2v) is 7.48. The van der Waals surface area contributed by atoms with Crippen LogP contribution in [-0.4, -0.2) is 41.9 Å². The van der Waals surface area contributed by atoms with Crippen LogP contribution in [0.1, 0.15) is 39.0 Å². The molecule has 1 heterocycles. The Kier molecular flexibility index (Phi) is 6.69. The zero-order valence-corrected chi connectivity index (χ0v) is 13.8. The molecule has 0 unspecified atom stereocenters. The van der Waals surface area contributed by atoms with Gasteiger partial charge in [0.2, 0.25) is 0 Å². The lowest BCUT2D eigenvalue weighted by Gasteiger charge is -2.32. The molecule has 0 bridgehead atoms. The van der Waals surface area contributed by atoms with E-state index in [0.29, 0.717) is 0 Å². The smallest absolute Gasteiger partial charge is 0.0201 e. The summed E-state index contributed by atoms with van der Waals surface area (Å²) in [6.07, 6.45) is 6.94. The summed E-state index contributed by atoms with van der Waals surface area (Å²) in [5.74, 6) is 2.02. The van der Waals surface area contributed by atoms with Crippen molar-refractivity contribution in [1.29, 1.82) is 0 Å². The zero-order chi connectivity index (χ0) is 12.8. The average Bonchev–Trinajstić information content (AvgIpc) is 2.33. The van der Waals surface area contributed by atoms with E-state index in [9.17, 15) is 0 Å². The van der Waals surface area contributed by atoms with Gasteiger partial charge in [-0.05, 0) is 50.5 Å². The van der Waals surface area contributed by atoms with Crippen LogP contribution in [0.5, 0.6) is 0 Å². The lowest BCUT2D eigenvalue weighted by molar-refractivity contribution is 0.198. The van der Waals surface area contributed by atoms with Crippen LogP contribution in [0.15, 0.2) is 0 Å². The van der Waals surface area contributed by atoms with Crippen molar-refractivity contribution in [3.8, 4) is 0 Å². The molecule has 0 aromatic carbocycles. The molecule has 2 N–H and O–H groups in total. The summed E-state index contributed by atoms with van der Waals surface area (Å²) in [5.41, 5.74) is 0. The van der Waals surface area contributed by atoms with Crippen molar-refractivity contribution in [2.24, 2.45) is 11.8 Å². The third kappa shape index (κ3) is 5.31. The van der Waals surface area contributed by atoms with E-state index in [0.717, 1.165) is 31.0 Å². The first-order chi connectivity index (χ1) is 8.74. The molecule has 0 aromatic heterocycles. The standard InChI is InChI=1S/C14H28IN3/c1-12-10-13(11-12)2-5-16-6-7-17-14-3-8-18(15)9-4-14/h12-14,16-17H,2-11H2,1H3. The van der Waals surface area contributed by atoms with Gasteiger partial charge in [-0.2, -0.15) is 0 Å². The van der Waals surface area contributed by atoms with Crippen molar-refractivity contribution in [3.05, 3.63) is 0 Å². The van der Waals surface area contributed by atoms with Crippen LogP contribution in [0, 0.1) is 11.8 Å². The fraction of sp³-hybridized carbons (Fsp3) is 1.00. The van der Waals surface area contributed by atoms with E-state index >= 15 is 0 Å². The summed E-state index contributed by atoms with van der Waals surface area (Å²) in [7, 11) is 0. The molecule has 4 heteroatoms. The summed E-state index contributed by atoms with van der Waals surface area (Å²) < 4.78 is 2.40. The lowest BCUT2D eigenvalue weighted by atomic mass is 9.74. The van der Waals surface area contributed by atoms with E-state index in [-0.39, 0.29) is 0 Å².